The number of esters is 1. The van der Waals surface area contributed by atoms with Gasteiger partial charge in [-0.15, -0.1) is 0 Å². The summed E-state index contributed by atoms with van der Waals surface area (Å²) in [6, 6.07) is 9.82. The Hall–Kier alpha value is -2.14. The van der Waals surface area contributed by atoms with E-state index < -0.39 is 11.2 Å². The molecule has 1 N–H and O–H groups in total. The summed E-state index contributed by atoms with van der Waals surface area (Å²) in [6.45, 7) is 6.44. The Kier molecular flexibility index (Phi) is 6.82. The van der Waals surface area contributed by atoms with Crippen molar-refractivity contribution < 1.29 is 19.1 Å². The molecule has 2 aliphatic heterocycles. The molecular weight excluding hydrogens is 438 g/mol. The van der Waals surface area contributed by atoms with Crippen LogP contribution in [0.5, 0.6) is 0 Å². The fourth-order valence-corrected chi connectivity index (χ4v) is 7.92. The number of nitrogens with one attached hydrogen (secondary N) is 1. The number of fused-ring (bicyclic) bond motifs is 4. The topological polar surface area (TPSA) is 64.6 Å². The molecule has 7 unspecified atom stereocenters. The van der Waals surface area contributed by atoms with Crippen LogP contribution in [0.25, 0.3) is 6.08 Å². The van der Waals surface area contributed by atoms with E-state index in [9.17, 15) is 9.59 Å². The molecule has 0 radical (unpaired) electrons. The van der Waals surface area contributed by atoms with Crippen LogP contribution >= 0.6 is 0 Å². The van der Waals surface area contributed by atoms with Crippen molar-refractivity contribution in [3.05, 3.63) is 42.0 Å². The van der Waals surface area contributed by atoms with Crippen molar-refractivity contribution in [1.29, 1.82) is 0 Å². The molecule has 1 aromatic carbocycles. The van der Waals surface area contributed by atoms with Gasteiger partial charge in [0.05, 0.1) is 11.6 Å². The van der Waals surface area contributed by atoms with Gasteiger partial charge < -0.3 is 14.8 Å². The molecule has 2 saturated carbocycles. The summed E-state index contributed by atoms with van der Waals surface area (Å²) in [7, 11) is 0. The number of carbonyl (C=O) groups is 2. The molecule has 5 nitrogen and oxygen atoms in total. The molecule has 1 amide bonds. The third kappa shape index (κ3) is 4.34. The molecule has 7 atom stereocenters. The van der Waals surface area contributed by atoms with E-state index in [1.54, 1.807) is 6.08 Å². The quantitative estimate of drug-likeness (QED) is 0.421. The van der Waals surface area contributed by atoms with Gasteiger partial charge in [-0.2, -0.15) is 0 Å². The lowest BCUT2D eigenvalue weighted by Gasteiger charge is -2.54. The third-order valence-corrected chi connectivity index (χ3v) is 9.65. The van der Waals surface area contributed by atoms with Crippen molar-refractivity contribution in [3.8, 4) is 0 Å². The molecule has 2 saturated heterocycles. The van der Waals surface area contributed by atoms with Crippen LogP contribution in [0.2, 0.25) is 0 Å². The Morgan fingerprint density at radius 1 is 1.11 bits per heavy atom. The average Bonchev–Trinajstić information content (AvgIpc) is 3.39. The van der Waals surface area contributed by atoms with E-state index in [0.29, 0.717) is 18.3 Å². The van der Waals surface area contributed by atoms with Gasteiger partial charge in [-0.1, -0.05) is 63.4 Å². The zero-order valence-corrected chi connectivity index (χ0v) is 21.5. The molecule has 5 heteroatoms. The van der Waals surface area contributed by atoms with Gasteiger partial charge in [0.1, 0.15) is 11.7 Å². The molecule has 0 aromatic heterocycles. The highest BCUT2D eigenvalue weighted by Crippen LogP contribution is 2.63. The molecule has 1 aromatic rings. The van der Waals surface area contributed by atoms with E-state index >= 15 is 0 Å². The molecule has 2 aliphatic carbocycles. The van der Waals surface area contributed by atoms with Crippen LogP contribution < -0.4 is 5.32 Å². The van der Waals surface area contributed by atoms with Crippen LogP contribution in [-0.2, 0) is 19.1 Å². The second kappa shape index (κ2) is 9.72. The number of hydrogen-bond acceptors (Lipinski definition) is 4. The Morgan fingerprint density at radius 2 is 1.86 bits per heavy atom. The maximum atomic E-state index is 13.2. The highest BCUT2D eigenvalue weighted by molar-refractivity contribution is 5.87. The van der Waals surface area contributed by atoms with Crippen LogP contribution in [0, 0.1) is 23.7 Å². The van der Waals surface area contributed by atoms with E-state index in [4.69, 9.17) is 9.47 Å². The normalized spacial score (nSPS) is 38.9. The van der Waals surface area contributed by atoms with E-state index in [1.165, 1.54) is 19.3 Å². The number of ether oxygens (including phenoxy) is 2. The van der Waals surface area contributed by atoms with Gasteiger partial charge in [-0.25, -0.2) is 4.79 Å². The predicted molar refractivity (Wildman–Crippen MR) is 136 cm³/mol. The molecule has 5 rings (SSSR count). The molecule has 35 heavy (non-hydrogen) atoms. The van der Waals surface area contributed by atoms with Crippen LogP contribution in [0.4, 0.5) is 0 Å². The van der Waals surface area contributed by atoms with Crippen molar-refractivity contribution in [2.45, 2.75) is 102 Å². The number of benzene rings is 1. The second-order valence-electron chi connectivity index (χ2n) is 11.6. The number of hydrogen-bond donors (Lipinski definition) is 1. The van der Waals surface area contributed by atoms with Gasteiger partial charge in [-0.05, 0) is 62.0 Å². The lowest BCUT2D eigenvalue weighted by atomic mass is 9.66. The minimum atomic E-state index is -0.531. The zero-order valence-electron chi connectivity index (χ0n) is 21.5. The van der Waals surface area contributed by atoms with E-state index in [2.05, 4.69) is 19.2 Å². The predicted octanol–water partition coefficient (Wildman–Crippen LogP) is 5.68. The minimum absolute atomic E-state index is 0.0433. The number of amides is 1. The summed E-state index contributed by atoms with van der Waals surface area (Å²) < 4.78 is 13.6. The molecule has 2 heterocycles. The lowest BCUT2D eigenvalue weighted by Crippen LogP contribution is -2.63. The SMILES string of the molecule is CCC(=O)NC1CC2(C3CCCCC3)OC1(C)C1CCC(C)C1C2OC(=O)/C=C/c1ccccc1. The fraction of sp³-hybridized carbons (Fsp3) is 0.667. The van der Waals surface area contributed by atoms with Crippen molar-refractivity contribution in [3.63, 3.8) is 0 Å². The Bertz CT molecular complexity index is 954. The summed E-state index contributed by atoms with van der Waals surface area (Å²) in [6.07, 6.45) is 12.3. The van der Waals surface area contributed by atoms with E-state index in [1.807, 2.05) is 43.3 Å². The van der Waals surface area contributed by atoms with Crippen LogP contribution in [0.3, 0.4) is 0 Å². The van der Waals surface area contributed by atoms with E-state index in [0.717, 1.165) is 37.7 Å². The smallest absolute Gasteiger partial charge is 0.331 e. The van der Waals surface area contributed by atoms with Gasteiger partial charge in [0.25, 0.3) is 0 Å². The van der Waals surface area contributed by atoms with Gasteiger partial charge in [0, 0.05) is 24.8 Å². The van der Waals surface area contributed by atoms with E-state index in [-0.39, 0.29) is 35.9 Å². The first-order valence-electron chi connectivity index (χ1n) is 13.8. The molecule has 0 spiro atoms. The van der Waals surface area contributed by atoms with Crippen molar-refractivity contribution in [2.24, 2.45) is 23.7 Å². The summed E-state index contributed by atoms with van der Waals surface area (Å²) >= 11 is 0. The monoisotopic (exact) mass is 479 g/mol. The Morgan fingerprint density at radius 3 is 2.57 bits per heavy atom. The van der Waals surface area contributed by atoms with Crippen LogP contribution in [-0.4, -0.2) is 35.2 Å². The second-order valence-corrected chi connectivity index (χ2v) is 11.6. The highest BCUT2D eigenvalue weighted by Gasteiger charge is 2.72. The largest absolute Gasteiger partial charge is 0.456 e. The first kappa shape index (κ1) is 24.5. The van der Waals surface area contributed by atoms with Crippen molar-refractivity contribution >= 4 is 18.0 Å². The van der Waals surface area contributed by atoms with Gasteiger partial charge in [0.15, 0.2) is 0 Å². The number of carbonyl (C=O) groups excluding carboxylic acids is 2. The van der Waals surface area contributed by atoms with Gasteiger partial charge in [-0.3, -0.25) is 4.79 Å². The molecular formula is C30H41NO4. The van der Waals surface area contributed by atoms with Crippen molar-refractivity contribution in [1.82, 2.24) is 5.32 Å². The fourth-order valence-electron chi connectivity index (χ4n) is 7.92. The Labute approximate surface area is 210 Å². The molecule has 4 aliphatic rings. The lowest BCUT2D eigenvalue weighted by molar-refractivity contribution is -0.265. The maximum absolute atomic E-state index is 13.2. The summed E-state index contributed by atoms with van der Waals surface area (Å²) in [5.74, 6) is 1.13. The molecule has 2 bridgehead atoms. The molecule has 4 fully saturated rings. The average molecular weight is 480 g/mol. The first-order valence-corrected chi connectivity index (χ1v) is 13.8. The van der Waals surface area contributed by atoms with Crippen LogP contribution in [0.1, 0.15) is 84.1 Å². The standard InChI is InChI=1S/C30H41NO4/c1-4-25(32)31-24-19-30(22-13-9-6-10-14-22)28(27-20(2)15-17-23(27)29(24,3)35-30)34-26(33)18-16-21-11-7-5-8-12-21/h5,7-8,11-12,16,18,20,22-24,27-28H,4,6,9-10,13-15,17,19H2,1-3H3,(H,31,32)/b18-16+. The Balaban J connectivity index is 1.50. The maximum Gasteiger partial charge on any atom is 0.331 e. The van der Waals surface area contributed by atoms with Gasteiger partial charge in [0.2, 0.25) is 5.91 Å². The summed E-state index contributed by atoms with van der Waals surface area (Å²) in [4.78, 5) is 25.8. The summed E-state index contributed by atoms with van der Waals surface area (Å²) in [5.41, 5.74) is 0.0337. The van der Waals surface area contributed by atoms with Crippen LogP contribution in [0.15, 0.2) is 36.4 Å². The molecule has 190 valence electrons. The first-order chi connectivity index (χ1) is 16.9. The zero-order chi connectivity index (χ0) is 24.6. The minimum Gasteiger partial charge on any atom is -0.456 e. The number of rotatable bonds is 6. The summed E-state index contributed by atoms with van der Waals surface area (Å²) in [5, 5.41) is 3.33. The van der Waals surface area contributed by atoms with Gasteiger partial charge >= 0.3 is 5.97 Å². The highest BCUT2D eigenvalue weighted by atomic mass is 16.6. The van der Waals surface area contributed by atoms with Crippen molar-refractivity contribution in [2.75, 3.05) is 0 Å². The third-order valence-electron chi connectivity index (χ3n) is 9.65.